The van der Waals surface area contributed by atoms with Crippen molar-refractivity contribution in [3.05, 3.63) is 0 Å². The Bertz CT molecular complexity index is 326. The zero-order valence-electron chi connectivity index (χ0n) is 12.5. The topological polar surface area (TPSA) is 32.3 Å². The SMILES string of the molecule is CC(C)CC1NC2(CC2)C(=O)N1CCC(C)(C)C. The Balaban J connectivity index is 2.01. The predicted molar refractivity (Wildman–Crippen MR) is 74.1 cm³/mol. The maximum atomic E-state index is 12.5. The first-order valence-electron chi connectivity index (χ1n) is 7.32. The van der Waals surface area contributed by atoms with Gasteiger partial charge in [0.25, 0.3) is 0 Å². The number of carbonyl (C=O) groups is 1. The summed E-state index contributed by atoms with van der Waals surface area (Å²) in [5, 5.41) is 3.59. The molecule has 1 N–H and O–H groups in total. The fourth-order valence-corrected chi connectivity index (χ4v) is 2.70. The molecule has 1 aliphatic heterocycles. The van der Waals surface area contributed by atoms with Gasteiger partial charge in [-0.3, -0.25) is 10.1 Å². The van der Waals surface area contributed by atoms with Crippen molar-refractivity contribution in [3.8, 4) is 0 Å². The van der Waals surface area contributed by atoms with E-state index in [0.29, 0.717) is 17.2 Å². The van der Waals surface area contributed by atoms with Gasteiger partial charge in [-0.2, -0.15) is 0 Å². The van der Waals surface area contributed by atoms with Gasteiger partial charge in [0.2, 0.25) is 5.91 Å². The van der Waals surface area contributed by atoms with Gasteiger partial charge in [-0.15, -0.1) is 0 Å². The van der Waals surface area contributed by atoms with Gasteiger partial charge < -0.3 is 4.90 Å². The smallest absolute Gasteiger partial charge is 0.244 e. The summed E-state index contributed by atoms with van der Waals surface area (Å²) in [5.74, 6) is 0.985. The minimum Gasteiger partial charge on any atom is -0.326 e. The summed E-state index contributed by atoms with van der Waals surface area (Å²) in [6.45, 7) is 12.1. The highest BCUT2D eigenvalue weighted by molar-refractivity contribution is 5.91. The third-order valence-corrected chi connectivity index (χ3v) is 4.04. The summed E-state index contributed by atoms with van der Waals surface area (Å²) in [6, 6.07) is 0. The number of hydrogen-bond donors (Lipinski definition) is 1. The molecule has 3 heteroatoms. The Kier molecular flexibility index (Phi) is 3.48. The molecule has 0 aromatic carbocycles. The van der Waals surface area contributed by atoms with E-state index in [9.17, 15) is 4.79 Å². The lowest BCUT2D eigenvalue weighted by atomic mass is 9.92. The molecular weight excluding hydrogens is 224 g/mol. The lowest BCUT2D eigenvalue weighted by Gasteiger charge is -2.28. The molecular formula is C15H28N2O. The summed E-state index contributed by atoms with van der Waals surface area (Å²) in [7, 11) is 0. The monoisotopic (exact) mass is 252 g/mol. The Morgan fingerprint density at radius 2 is 2.00 bits per heavy atom. The predicted octanol–water partition coefficient (Wildman–Crippen LogP) is 2.76. The van der Waals surface area contributed by atoms with Crippen molar-refractivity contribution in [2.45, 2.75) is 72.0 Å². The van der Waals surface area contributed by atoms with Crippen molar-refractivity contribution in [3.63, 3.8) is 0 Å². The van der Waals surface area contributed by atoms with E-state index in [2.05, 4.69) is 44.8 Å². The van der Waals surface area contributed by atoms with Crippen LogP contribution >= 0.6 is 0 Å². The fourth-order valence-electron chi connectivity index (χ4n) is 2.70. The molecule has 1 amide bonds. The molecule has 1 spiro atoms. The van der Waals surface area contributed by atoms with E-state index < -0.39 is 0 Å². The third-order valence-electron chi connectivity index (χ3n) is 4.04. The standard InChI is InChI=1S/C15H28N2O/c1-11(2)10-12-16-15(6-7-15)13(18)17(12)9-8-14(3,4)5/h11-12,16H,6-10H2,1-5H3. The molecule has 0 aromatic heterocycles. The van der Waals surface area contributed by atoms with Crippen LogP contribution in [0.3, 0.4) is 0 Å². The van der Waals surface area contributed by atoms with Crippen molar-refractivity contribution in [2.24, 2.45) is 11.3 Å². The Hall–Kier alpha value is -0.570. The number of nitrogens with zero attached hydrogens (tertiary/aromatic N) is 1. The summed E-state index contributed by atoms with van der Waals surface area (Å²) in [4.78, 5) is 14.6. The maximum Gasteiger partial charge on any atom is 0.244 e. The van der Waals surface area contributed by atoms with E-state index in [1.807, 2.05) is 0 Å². The molecule has 0 aromatic rings. The maximum absolute atomic E-state index is 12.5. The average Bonchev–Trinajstić information content (AvgIpc) is 2.90. The van der Waals surface area contributed by atoms with Crippen LogP contribution in [-0.4, -0.2) is 29.1 Å². The van der Waals surface area contributed by atoms with Crippen LogP contribution in [-0.2, 0) is 4.79 Å². The van der Waals surface area contributed by atoms with Crippen LogP contribution in [0, 0.1) is 11.3 Å². The first-order valence-corrected chi connectivity index (χ1v) is 7.32. The lowest BCUT2D eigenvalue weighted by molar-refractivity contribution is -0.131. The molecule has 3 nitrogen and oxygen atoms in total. The second kappa shape index (κ2) is 4.52. The van der Waals surface area contributed by atoms with Gasteiger partial charge in [-0.05, 0) is 37.0 Å². The molecule has 1 unspecified atom stereocenters. The molecule has 1 heterocycles. The van der Waals surface area contributed by atoms with Crippen molar-refractivity contribution in [1.82, 2.24) is 10.2 Å². The molecule has 1 aliphatic carbocycles. The minimum atomic E-state index is -0.155. The molecule has 2 fully saturated rings. The van der Waals surface area contributed by atoms with E-state index in [1.54, 1.807) is 0 Å². The first-order chi connectivity index (χ1) is 8.23. The lowest BCUT2D eigenvalue weighted by Crippen LogP contribution is -2.40. The molecule has 1 saturated heterocycles. The first kappa shape index (κ1) is 13.9. The summed E-state index contributed by atoms with van der Waals surface area (Å²) < 4.78 is 0. The van der Waals surface area contributed by atoms with Gasteiger partial charge in [0.05, 0.1) is 11.7 Å². The van der Waals surface area contributed by atoms with E-state index in [-0.39, 0.29) is 11.7 Å². The molecule has 0 bridgehead atoms. The molecule has 18 heavy (non-hydrogen) atoms. The van der Waals surface area contributed by atoms with Crippen molar-refractivity contribution in [1.29, 1.82) is 0 Å². The zero-order chi connectivity index (χ0) is 13.6. The van der Waals surface area contributed by atoms with Gasteiger partial charge in [-0.1, -0.05) is 34.6 Å². The highest BCUT2D eigenvalue weighted by Gasteiger charge is 2.58. The van der Waals surface area contributed by atoms with Gasteiger partial charge in [0, 0.05) is 6.54 Å². The van der Waals surface area contributed by atoms with Crippen molar-refractivity contribution >= 4 is 5.91 Å². The summed E-state index contributed by atoms with van der Waals surface area (Å²) >= 11 is 0. The number of nitrogens with one attached hydrogen (secondary N) is 1. The Morgan fingerprint density at radius 1 is 1.39 bits per heavy atom. The normalized spacial score (nSPS) is 26.4. The van der Waals surface area contributed by atoms with Crippen LogP contribution in [0.5, 0.6) is 0 Å². The summed E-state index contributed by atoms with van der Waals surface area (Å²) in [6.07, 6.45) is 4.48. The zero-order valence-corrected chi connectivity index (χ0v) is 12.5. The van der Waals surface area contributed by atoms with E-state index >= 15 is 0 Å². The van der Waals surface area contributed by atoms with E-state index in [0.717, 1.165) is 32.2 Å². The third kappa shape index (κ3) is 2.87. The minimum absolute atomic E-state index is 0.155. The Morgan fingerprint density at radius 3 is 2.44 bits per heavy atom. The largest absolute Gasteiger partial charge is 0.326 e. The number of carbonyl (C=O) groups excluding carboxylic acids is 1. The number of rotatable bonds is 4. The molecule has 2 rings (SSSR count). The molecule has 104 valence electrons. The average molecular weight is 252 g/mol. The highest BCUT2D eigenvalue weighted by Crippen LogP contribution is 2.43. The second-order valence-corrected chi connectivity index (χ2v) is 7.68. The highest BCUT2D eigenvalue weighted by atomic mass is 16.2. The fraction of sp³-hybridized carbons (Fsp3) is 0.933. The van der Waals surface area contributed by atoms with Gasteiger partial charge in [-0.25, -0.2) is 0 Å². The quantitative estimate of drug-likeness (QED) is 0.834. The number of hydrogen-bond acceptors (Lipinski definition) is 2. The van der Waals surface area contributed by atoms with E-state index in [1.165, 1.54) is 0 Å². The van der Waals surface area contributed by atoms with Crippen LogP contribution in [0.4, 0.5) is 0 Å². The van der Waals surface area contributed by atoms with Gasteiger partial charge in [0.15, 0.2) is 0 Å². The van der Waals surface area contributed by atoms with Crippen LogP contribution in [0.1, 0.15) is 60.3 Å². The Labute approximate surface area is 111 Å². The van der Waals surface area contributed by atoms with Crippen molar-refractivity contribution < 1.29 is 4.79 Å². The molecule has 1 saturated carbocycles. The van der Waals surface area contributed by atoms with Crippen LogP contribution in [0.25, 0.3) is 0 Å². The van der Waals surface area contributed by atoms with Crippen molar-refractivity contribution in [2.75, 3.05) is 6.54 Å². The second-order valence-electron chi connectivity index (χ2n) is 7.68. The summed E-state index contributed by atoms with van der Waals surface area (Å²) in [5.41, 5.74) is 0.138. The van der Waals surface area contributed by atoms with Crippen LogP contribution in [0.15, 0.2) is 0 Å². The molecule has 2 aliphatic rings. The van der Waals surface area contributed by atoms with E-state index in [4.69, 9.17) is 0 Å². The molecule has 0 radical (unpaired) electrons. The molecule has 1 atom stereocenters. The van der Waals surface area contributed by atoms with Crippen LogP contribution in [0.2, 0.25) is 0 Å². The van der Waals surface area contributed by atoms with Gasteiger partial charge >= 0.3 is 0 Å². The van der Waals surface area contributed by atoms with Gasteiger partial charge in [0.1, 0.15) is 0 Å². The number of amides is 1. The van der Waals surface area contributed by atoms with Crippen LogP contribution < -0.4 is 5.32 Å².